The largest absolute Gasteiger partial charge is 0.352 e. The summed E-state index contributed by atoms with van der Waals surface area (Å²) in [7, 11) is 0. The van der Waals surface area contributed by atoms with Crippen LogP contribution in [0.3, 0.4) is 0 Å². The number of halogens is 1. The smallest absolute Gasteiger partial charge is 0.253 e. The molecule has 3 rings (SSSR count). The van der Waals surface area contributed by atoms with Gasteiger partial charge in [-0.2, -0.15) is 0 Å². The molecule has 0 heterocycles. The van der Waals surface area contributed by atoms with Gasteiger partial charge in [-0.1, -0.05) is 54.1 Å². The summed E-state index contributed by atoms with van der Waals surface area (Å²) in [6, 6.07) is 22.1. The lowest BCUT2D eigenvalue weighted by molar-refractivity contribution is -0.116. The number of hydrogen-bond acceptors (Lipinski definition) is 3. The highest BCUT2D eigenvalue weighted by Gasteiger charge is 2.20. The van der Waals surface area contributed by atoms with E-state index in [0.29, 0.717) is 28.4 Å². The van der Waals surface area contributed by atoms with Gasteiger partial charge in [0.05, 0.1) is 23.0 Å². The zero-order chi connectivity index (χ0) is 22.9. The molecule has 6 nitrogen and oxygen atoms in total. The van der Waals surface area contributed by atoms with Crippen molar-refractivity contribution in [2.45, 2.75) is 19.4 Å². The average molecular weight is 450 g/mol. The number of benzene rings is 3. The highest BCUT2D eigenvalue weighted by atomic mass is 35.5. The van der Waals surface area contributed by atoms with Crippen LogP contribution in [-0.2, 0) is 4.79 Å². The van der Waals surface area contributed by atoms with Crippen LogP contribution in [0.15, 0.2) is 78.9 Å². The predicted molar refractivity (Wildman–Crippen MR) is 126 cm³/mol. The van der Waals surface area contributed by atoms with E-state index in [-0.39, 0.29) is 24.1 Å². The number of anilines is 1. The van der Waals surface area contributed by atoms with Crippen molar-refractivity contribution in [3.63, 3.8) is 0 Å². The fraction of sp³-hybridized carbons (Fsp3) is 0.160. The van der Waals surface area contributed by atoms with Crippen LogP contribution in [0, 0.1) is 0 Å². The molecule has 0 aliphatic rings. The van der Waals surface area contributed by atoms with Gasteiger partial charge in [0.25, 0.3) is 11.8 Å². The second-order valence-corrected chi connectivity index (χ2v) is 7.51. The van der Waals surface area contributed by atoms with E-state index < -0.39 is 6.04 Å². The summed E-state index contributed by atoms with van der Waals surface area (Å²) in [5, 5.41) is 8.79. The Morgan fingerprint density at radius 1 is 0.844 bits per heavy atom. The third kappa shape index (κ3) is 6.18. The maximum absolute atomic E-state index is 12.8. The van der Waals surface area contributed by atoms with Crippen LogP contribution < -0.4 is 16.0 Å². The molecule has 1 unspecified atom stereocenters. The van der Waals surface area contributed by atoms with E-state index in [9.17, 15) is 14.4 Å². The Balaban J connectivity index is 1.71. The van der Waals surface area contributed by atoms with Gasteiger partial charge in [-0.15, -0.1) is 0 Å². The Morgan fingerprint density at radius 3 is 2.16 bits per heavy atom. The minimum atomic E-state index is -0.547. The fourth-order valence-corrected chi connectivity index (χ4v) is 3.41. The Morgan fingerprint density at radius 2 is 1.50 bits per heavy atom. The number of rotatable bonds is 8. The van der Waals surface area contributed by atoms with Crippen LogP contribution in [-0.4, -0.2) is 24.3 Å². The Labute approximate surface area is 192 Å². The van der Waals surface area contributed by atoms with Crippen molar-refractivity contribution < 1.29 is 14.4 Å². The van der Waals surface area contributed by atoms with Crippen molar-refractivity contribution in [3.8, 4) is 0 Å². The molecular formula is C25H24ClN3O3. The first-order valence-electron chi connectivity index (χ1n) is 10.3. The van der Waals surface area contributed by atoms with E-state index in [4.69, 9.17) is 11.6 Å². The van der Waals surface area contributed by atoms with Crippen LogP contribution in [0.25, 0.3) is 0 Å². The summed E-state index contributed by atoms with van der Waals surface area (Å²) < 4.78 is 0. The molecule has 0 aliphatic heterocycles. The first-order chi connectivity index (χ1) is 15.5. The SMILES string of the molecule is CCNC(=O)c1ccc(NC(=O)CC(NC(=O)c2ccccc2Cl)c2ccccc2)cc1. The maximum atomic E-state index is 12.8. The molecule has 32 heavy (non-hydrogen) atoms. The molecule has 3 amide bonds. The third-order valence-electron chi connectivity index (χ3n) is 4.78. The fourth-order valence-electron chi connectivity index (χ4n) is 3.18. The van der Waals surface area contributed by atoms with Crippen molar-refractivity contribution in [1.82, 2.24) is 10.6 Å². The van der Waals surface area contributed by atoms with Crippen molar-refractivity contribution in [2.24, 2.45) is 0 Å². The zero-order valence-electron chi connectivity index (χ0n) is 17.6. The molecule has 3 aromatic rings. The highest BCUT2D eigenvalue weighted by molar-refractivity contribution is 6.33. The van der Waals surface area contributed by atoms with Crippen molar-refractivity contribution in [3.05, 3.63) is 101 Å². The van der Waals surface area contributed by atoms with E-state index in [1.54, 1.807) is 48.5 Å². The zero-order valence-corrected chi connectivity index (χ0v) is 18.4. The van der Waals surface area contributed by atoms with Crippen LogP contribution >= 0.6 is 11.6 Å². The summed E-state index contributed by atoms with van der Waals surface area (Å²) in [6.07, 6.45) is 0.0261. The summed E-state index contributed by atoms with van der Waals surface area (Å²) in [4.78, 5) is 37.4. The van der Waals surface area contributed by atoms with E-state index in [1.807, 2.05) is 37.3 Å². The van der Waals surface area contributed by atoms with Gasteiger partial charge in [-0.25, -0.2) is 0 Å². The molecule has 0 aromatic heterocycles. The standard InChI is InChI=1S/C25H24ClN3O3/c1-2-27-24(31)18-12-14-19(15-13-18)28-23(30)16-22(17-8-4-3-5-9-17)29-25(32)20-10-6-7-11-21(20)26/h3-15,22H,2,16H2,1H3,(H,27,31)(H,28,30)(H,29,32). The predicted octanol–water partition coefficient (Wildman–Crippen LogP) is 4.59. The number of hydrogen-bond donors (Lipinski definition) is 3. The van der Waals surface area contributed by atoms with Crippen LogP contribution in [0.1, 0.15) is 45.7 Å². The van der Waals surface area contributed by atoms with Gasteiger partial charge < -0.3 is 16.0 Å². The molecule has 3 aromatic carbocycles. The molecule has 0 saturated carbocycles. The average Bonchev–Trinajstić information content (AvgIpc) is 2.80. The van der Waals surface area contributed by atoms with Crippen LogP contribution in [0.4, 0.5) is 5.69 Å². The monoisotopic (exact) mass is 449 g/mol. The summed E-state index contributed by atoms with van der Waals surface area (Å²) >= 11 is 6.15. The lowest BCUT2D eigenvalue weighted by Crippen LogP contribution is -2.31. The van der Waals surface area contributed by atoms with E-state index in [1.165, 1.54) is 0 Å². The first kappa shape index (κ1) is 23.0. The molecule has 164 valence electrons. The minimum absolute atomic E-state index is 0.0261. The Bertz CT molecular complexity index is 1090. The molecule has 1 atom stereocenters. The topological polar surface area (TPSA) is 87.3 Å². The van der Waals surface area contributed by atoms with Gasteiger partial charge in [-0.05, 0) is 48.9 Å². The Hall–Kier alpha value is -3.64. The van der Waals surface area contributed by atoms with Crippen molar-refractivity contribution in [2.75, 3.05) is 11.9 Å². The molecule has 0 bridgehead atoms. The molecule has 0 spiro atoms. The molecule has 0 aliphatic carbocycles. The quantitative estimate of drug-likeness (QED) is 0.470. The van der Waals surface area contributed by atoms with E-state index in [2.05, 4.69) is 16.0 Å². The Kier molecular flexibility index (Phi) is 8.00. The van der Waals surface area contributed by atoms with E-state index >= 15 is 0 Å². The summed E-state index contributed by atoms with van der Waals surface area (Å²) in [6.45, 7) is 2.39. The van der Waals surface area contributed by atoms with Gasteiger partial charge in [0.2, 0.25) is 5.91 Å². The number of amides is 3. The third-order valence-corrected chi connectivity index (χ3v) is 5.11. The van der Waals surface area contributed by atoms with Crippen LogP contribution in [0.5, 0.6) is 0 Å². The molecule has 0 fully saturated rings. The molecular weight excluding hydrogens is 426 g/mol. The van der Waals surface area contributed by atoms with Gasteiger partial charge in [-0.3, -0.25) is 14.4 Å². The van der Waals surface area contributed by atoms with Gasteiger partial charge in [0.15, 0.2) is 0 Å². The highest BCUT2D eigenvalue weighted by Crippen LogP contribution is 2.21. The second kappa shape index (κ2) is 11.1. The van der Waals surface area contributed by atoms with Crippen LogP contribution in [0.2, 0.25) is 5.02 Å². The molecule has 0 saturated heterocycles. The van der Waals surface area contributed by atoms with Crippen molar-refractivity contribution >= 4 is 35.0 Å². The van der Waals surface area contributed by atoms with Gasteiger partial charge in [0.1, 0.15) is 0 Å². The number of nitrogens with one attached hydrogen (secondary N) is 3. The lowest BCUT2D eigenvalue weighted by Gasteiger charge is -2.19. The summed E-state index contributed by atoms with van der Waals surface area (Å²) in [5.74, 6) is -0.801. The van der Waals surface area contributed by atoms with Gasteiger partial charge >= 0.3 is 0 Å². The van der Waals surface area contributed by atoms with E-state index in [0.717, 1.165) is 5.56 Å². The minimum Gasteiger partial charge on any atom is -0.352 e. The normalized spacial score (nSPS) is 11.3. The second-order valence-electron chi connectivity index (χ2n) is 7.11. The lowest BCUT2D eigenvalue weighted by atomic mass is 10.0. The van der Waals surface area contributed by atoms with Gasteiger partial charge in [0, 0.05) is 17.8 Å². The molecule has 3 N–H and O–H groups in total. The summed E-state index contributed by atoms with van der Waals surface area (Å²) in [5.41, 5.74) is 2.22. The maximum Gasteiger partial charge on any atom is 0.253 e. The molecule has 0 radical (unpaired) electrons. The number of carbonyl (C=O) groups is 3. The number of carbonyl (C=O) groups excluding carboxylic acids is 3. The first-order valence-corrected chi connectivity index (χ1v) is 10.6. The van der Waals surface area contributed by atoms with Crippen molar-refractivity contribution in [1.29, 1.82) is 0 Å². The molecule has 7 heteroatoms.